The van der Waals surface area contributed by atoms with Gasteiger partial charge in [0.25, 0.3) is 11.6 Å². The predicted octanol–water partition coefficient (Wildman–Crippen LogP) is 3.40. The van der Waals surface area contributed by atoms with E-state index in [4.69, 9.17) is 0 Å². The standard InChI is InChI=1S/C16H12FN5O3S/c17-12-7-5-10(6-8-12)14(23)18-15-19-16(21-20-15)26-9-11-3-1-2-4-13(11)22(24)25/h1-8H,9H2,(H2,18,19,20,21,23). The van der Waals surface area contributed by atoms with E-state index in [0.29, 0.717) is 16.5 Å². The van der Waals surface area contributed by atoms with Crippen LogP contribution in [0.1, 0.15) is 15.9 Å². The number of thioether (sulfide) groups is 1. The zero-order valence-corrected chi connectivity index (χ0v) is 14.0. The van der Waals surface area contributed by atoms with E-state index < -0.39 is 16.6 Å². The van der Waals surface area contributed by atoms with Gasteiger partial charge in [-0.05, 0) is 24.3 Å². The Hall–Kier alpha value is -3.27. The number of halogens is 1. The Balaban J connectivity index is 1.62. The summed E-state index contributed by atoms with van der Waals surface area (Å²) in [5, 5.41) is 20.4. The first-order valence-electron chi connectivity index (χ1n) is 7.37. The van der Waals surface area contributed by atoms with Crippen molar-refractivity contribution in [3.8, 4) is 0 Å². The van der Waals surface area contributed by atoms with Crippen LogP contribution in [0, 0.1) is 15.9 Å². The molecule has 0 aliphatic heterocycles. The van der Waals surface area contributed by atoms with Gasteiger partial charge in [-0.15, -0.1) is 5.10 Å². The summed E-state index contributed by atoms with van der Waals surface area (Å²) in [5.41, 5.74) is 0.849. The van der Waals surface area contributed by atoms with Gasteiger partial charge >= 0.3 is 0 Å². The zero-order chi connectivity index (χ0) is 18.5. The van der Waals surface area contributed by atoms with Crippen LogP contribution in [0.25, 0.3) is 0 Å². The number of hydrogen-bond acceptors (Lipinski definition) is 6. The number of nitro groups is 1. The highest BCUT2D eigenvalue weighted by Gasteiger charge is 2.14. The van der Waals surface area contributed by atoms with Crippen molar-refractivity contribution < 1.29 is 14.1 Å². The van der Waals surface area contributed by atoms with E-state index >= 15 is 0 Å². The third-order valence-electron chi connectivity index (χ3n) is 3.35. The molecule has 0 spiro atoms. The molecule has 0 fully saturated rings. The van der Waals surface area contributed by atoms with Crippen LogP contribution in [0.5, 0.6) is 0 Å². The van der Waals surface area contributed by atoms with Crippen molar-refractivity contribution in [3.63, 3.8) is 0 Å². The molecule has 1 aromatic heterocycles. The maximum atomic E-state index is 12.9. The second kappa shape index (κ2) is 7.74. The number of carbonyl (C=O) groups is 1. The predicted molar refractivity (Wildman–Crippen MR) is 93.4 cm³/mol. The monoisotopic (exact) mass is 373 g/mol. The molecule has 0 aliphatic carbocycles. The van der Waals surface area contributed by atoms with Crippen molar-refractivity contribution in [3.05, 3.63) is 75.6 Å². The second-order valence-corrected chi connectivity index (χ2v) is 6.04. The number of nitrogens with zero attached hydrogens (tertiary/aromatic N) is 3. The molecule has 0 aliphatic rings. The smallest absolute Gasteiger partial charge is 0.273 e. The van der Waals surface area contributed by atoms with E-state index in [1.807, 2.05) is 0 Å². The van der Waals surface area contributed by atoms with Gasteiger partial charge in [0.05, 0.1) is 4.92 Å². The van der Waals surface area contributed by atoms with Gasteiger partial charge in [0.2, 0.25) is 11.1 Å². The van der Waals surface area contributed by atoms with Gasteiger partial charge in [-0.2, -0.15) is 4.98 Å². The van der Waals surface area contributed by atoms with E-state index in [9.17, 15) is 19.3 Å². The van der Waals surface area contributed by atoms with Crippen molar-refractivity contribution in [2.45, 2.75) is 10.9 Å². The summed E-state index contributed by atoms with van der Waals surface area (Å²) in [7, 11) is 0. The molecular weight excluding hydrogens is 361 g/mol. The first kappa shape index (κ1) is 17.5. The number of aromatic amines is 1. The SMILES string of the molecule is O=C(Nc1nc(SCc2ccccc2[N+](=O)[O-])n[nH]1)c1ccc(F)cc1. The Labute approximate surface area is 151 Å². The lowest BCUT2D eigenvalue weighted by atomic mass is 10.2. The Morgan fingerprint density at radius 1 is 1.23 bits per heavy atom. The Bertz CT molecular complexity index is 945. The van der Waals surface area contributed by atoms with Crippen LogP contribution in [0.15, 0.2) is 53.7 Å². The molecule has 1 amide bonds. The van der Waals surface area contributed by atoms with E-state index in [1.54, 1.807) is 18.2 Å². The van der Waals surface area contributed by atoms with Crippen LogP contribution in [0.3, 0.4) is 0 Å². The summed E-state index contributed by atoms with van der Waals surface area (Å²) >= 11 is 1.19. The van der Waals surface area contributed by atoms with Crippen molar-refractivity contribution >= 4 is 29.3 Å². The van der Waals surface area contributed by atoms with Crippen LogP contribution in [0.2, 0.25) is 0 Å². The molecular formula is C16H12FN5O3S. The minimum absolute atomic E-state index is 0.0281. The fourth-order valence-corrected chi connectivity index (χ4v) is 2.90. The minimum atomic E-state index is -0.462. The number of rotatable bonds is 6. The molecule has 0 atom stereocenters. The van der Waals surface area contributed by atoms with Crippen LogP contribution in [-0.4, -0.2) is 26.0 Å². The first-order valence-corrected chi connectivity index (χ1v) is 8.36. The number of nitro benzene ring substituents is 1. The molecule has 0 unspecified atom stereocenters. The Kier molecular flexibility index (Phi) is 5.23. The topological polar surface area (TPSA) is 114 Å². The highest BCUT2D eigenvalue weighted by Crippen LogP contribution is 2.26. The quantitative estimate of drug-likeness (QED) is 0.389. The largest absolute Gasteiger partial charge is 0.291 e. The number of H-pyrrole nitrogens is 1. The van der Waals surface area contributed by atoms with E-state index in [1.165, 1.54) is 42.1 Å². The van der Waals surface area contributed by atoms with Gasteiger partial charge in [-0.25, -0.2) is 9.49 Å². The lowest BCUT2D eigenvalue weighted by Crippen LogP contribution is -2.12. The molecule has 0 bridgehead atoms. The van der Waals surface area contributed by atoms with Gasteiger partial charge in [-0.3, -0.25) is 20.2 Å². The minimum Gasteiger partial charge on any atom is -0.291 e. The van der Waals surface area contributed by atoms with E-state index in [0.717, 1.165) is 0 Å². The summed E-state index contributed by atoms with van der Waals surface area (Å²) < 4.78 is 12.9. The van der Waals surface area contributed by atoms with Crippen LogP contribution in [-0.2, 0) is 5.75 Å². The van der Waals surface area contributed by atoms with Crippen LogP contribution >= 0.6 is 11.8 Å². The van der Waals surface area contributed by atoms with Crippen molar-refractivity contribution in [1.29, 1.82) is 0 Å². The number of aromatic nitrogens is 3. The molecule has 2 N–H and O–H groups in total. The van der Waals surface area contributed by atoms with Crippen molar-refractivity contribution in [2.75, 3.05) is 5.32 Å². The fraction of sp³-hybridized carbons (Fsp3) is 0.0625. The molecule has 3 aromatic rings. The van der Waals surface area contributed by atoms with Crippen LogP contribution in [0.4, 0.5) is 16.0 Å². The average Bonchev–Trinajstić information content (AvgIpc) is 3.08. The first-order chi connectivity index (χ1) is 12.5. The molecule has 2 aromatic carbocycles. The maximum absolute atomic E-state index is 12.9. The number of carbonyl (C=O) groups excluding carboxylic acids is 1. The number of hydrogen-bond donors (Lipinski definition) is 2. The number of nitrogens with one attached hydrogen (secondary N) is 2. The summed E-state index contributed by atoms with van der Waals surface area (Å²) in [6.45, 7) is 0. The van der Waals surface area contributed by atoms with Gasteiger partial charge < -0.3 is 0 Å². The number of anilines is 1. The highest BCUT2D eigenvalue weighted by atomic mass is 32.2. The van der Waals surface area contributed by atoms with Crippen molar-refractivity contribution in [1.82, 2.24) is 15.2 Å². The molecule has 0 radical (unpaired) electrons. The molecule has 10 heteroatoms. The van der Waals surface area contributed by atoms with Gasteiger partial charge in [-0.1, -0.05) is 30.0 Å². The third kappa shape index (κ3) is 4.22. The van der Waals surface area contributed by atoms with Crippen LogP contribution < -0.4 is 5.32 Å². The van der Waals surface area contributed by atoms with Gasteiger partial charge in [0, 0.05) is 22.9 Å². The fourth-order valence-electron chi connectivity index (χ4n) is 2.10. The molecule has 26 heavy (non-hydrogen) atoms. The van der Waals surface area contributed by atoms with Crippen molar-refractivity contribution in [2.24, 2.45) is 0 Å². The zero-order valence-electron chi connectivity index (χ0n) is 13.2. The highest BCUT2D eigenvalue weighted by molar-refractivity contribution is 7.98. The summed E-state index contributed by atoms with van der Waals surface area (Å²) in [5.74, 6) is -0.462. The molecule has 3 rings (SSSR count). The summed E-state index contributed by atoms with van der Waals surface area (Å²) in [6, 6.07) is 11.5. The normalized spacial score (nSPS) is 10.5. The number of para-hydroxylation sites is 1. The molecule has 132 valence electrons. The molecule has 1 heterocycles. The maximum Gasteiger partial charge on any atom is 0.273 e. The molecule has 0 saturated carbocycles. The average molecular weight is 373 g/mol. The lowest BCUT2D eigenvalue weighted by Gasteiger charge is -2.01. The van der Waals surface area contributed by atoms with E-state index in [-0.39, 0.29) is 17.2 Å². The van der Waals surface area contributed by atoms with Gasteiger partial charge in [0.1, 0.15) is 5.82 Å². The Morgan fingerprint density at radius 3 is 2.69 bits per heavy atom. The lowest BCUT2D eigenvalue weighted by molar-refractivity contribution is -0.385. The molecule has 8 nitrogen and oxygen atoms in total. The number of benzene rings is 2. The molecule has 0 saturated heterocycles. The summed E-state index contributed by atoms with van der Waals surface area (Å²) in [4.78, 5) is 26.7. The van der Waals surface area contributed by atoms with Gasteiger partial charge in [0.15, 0.2) is 0 Å². The number of amides is 1. The summed E-state index contributed by atoms with van der Waals surface area (Å²) in [6.07, 6.45) is 0. The second-order valence-electron chi connectivity index (χ2n) is 5.10. The third-order valence-corrected chi connectivity index (χ3v) is 4.24. The Morgan fingerprint density at radius 2 is 1.96 bits per heavy atom. The van der Waals surface area contributed by atoms with E-state index in [2.05, 4.69) is 20.5 Å².